The fraction of sp³-hybridized carbons (Fsp3) is 0.739. The molecule has 0 aromatic carbocycles. The van der Waals surface area contributed by atoms with Gasteiger partial charge in [0.05, 0.1) is 12.0 Å². The highest BCUT2D eigenvalue weighted by atomic mass is 16.6. The third-order valence-corrected chi connectivity index (χ3v) is 6.22. The molecule has 0 amide bonds. The second kappa shape index (κ2) is 9.43. The zero-order valence-electron chi connectivity index (χ0n) is 18.2. The smallest absolute Gasteiger partial charge is 0.309 e. The van der Waals surface area contributed by atoms with Crippen LogP contribution >= 0.6 is 0 Å². The summed E-state index contributed by atoms with van der Waals surface area (Å²) in [5.41, 5.74) is -0.258. The number of carbonyl (C=O) groups excluding carboxylic acids is 1. The van der Waals surface area contributed by atoms with E-state index in [4.69, 9.17) is 4.74 Å². The molecule has 3 rings (SSSR count). The number of carbonyl (C=O) groups is 1. The molecule has 2 heterocycles. The molecule has 6 nitrogen and oxygen atoms in total. The number of nitrogens with one attached hydrogen (secondary N) is 1. The van der Waals surface area contributed by atoms with Crippen molar-refractivity contribution in [2.75, 3.05) is 25.0 Å². The number of nitrogens with zero attached hydrogens (tertiary/aromatic N) is 2. The predicted molar refractivity (Wildman–Crippen MR) is 115 cm³/mol. The zero-order chi connectivity index (χ0) is 20.9. The molecule has 1 aromatic heterocycles. The van der Waals surface area contributed by atoms with Crippen LogP contribution in [0.4, 0.5) is 5.69 Å². The summed E-state index contributed by atoms with van der Waals surface area (Å²) in [6, 6.07) is 4.55. The Balaban J connectivity index is 1.38. The first kappa shape index (κ1) is 22.0. The van der Waals surface area contributed by atoms with Gasteiger partial charge in [-0.3, -0.25) is 9.78 Å². The summed E-state index contributed by atoms with van der Waals surface area (Å²) in [7, 11) is 0. The Morgan fingerprint density at radius 2 is 1.83 bits per heavy atom. The number of hydrogen-bond acceptors (Lipinski definition) is 6. The molecular weight excluding hydrogens is 366 g/mol. The Hall–Kier alpha value is -1.66. The van der Waals surface area contributed by atoms with Crippen molar-refractivity contribution in [3.05, 3.63) is 24.5 Å². The monoisotopic (exact) mass is 403 g/mol. The number of aromatic nitrogens is 1. The van der Waals surface area contributed by atoms with Gasteiger partial charge in [0.1, 0.15) is 5.60 Å². The normalized spacial score (nSPS) is 26.8. The predicted octanol–water partition coefficient (Wildman–Crippen LogP) is 3.61. The Kier molecular flexibility index (Phi) is 7.17. The molecule has 2 N–H and O–H groups in total. The fourth-order valence-corrected chi connectivity index (χ4v) is 4.58. The second-order valence-electron chi connectivity index (χ2n) is 9.81. The van der Waals surface area contributed by atoms with Crippen molar-refractivity contribution < 1.29 is 14.6 Å². The van der Waals surface area contributed by atoms with Crippen molar-refractivity contribution in [3.8, 4) is 0 Å². The molecule has 29 heavy (non-hydrogen) atoms. The van der Waals surface area contributed by atoms with Gasteiger partial charge in [0.15, 0.2) is 0 Å². The first-order valence-electron chi connectivity index (χ1n) is 11.0. The van der Waals surface area contributed by atoms with Crippen LogP contribution in [0, 0.1) is 5.92 Å². The van der Waals surface area contributed by atoms with Gasteiger partial charge >= 0.3 is 5.97 Å². The molecule has 1 saturated carbocycles. The van der Waals surface area contributed by atoms with Crippen LogP contribution in [-0.4, -0.2) is 57.8 Å². The first-order valence-corrected chi connectivity index (χ1v) is 11.0. The fourth-order valence-electron chi connectivity index (χ4n) is 4.58. The average molecular weight is 404 g/mol. The van der Waals surface area contributed by atoms with E-state index in [0.29, 0.717) is 24.8 Å². The molecule has 2 aliphatic rings. The summed E-state index contributed by atoms with van der Waals surface area (Å²) >= 11 is 0. The Labute approximate surface area is 175 Å². The molecule has 1 saturated heterocycles. The lowest BCUT2D eigenvalue weighted by Gasteiger charge is -2.43. The molecule has 0 unspecified atom stereocenters. The van der Waals surface area contributed by atoms with Gasteiger partial charge in [0.2, 0.25) is 0 Å². The van der Waals surface area contributed by atoms with E-state index in [2.05, 4.69) is 15.2 Å². The van der Waals surface area contributed by atoms with Crippen molar-refractivity contribution in [1.29, 1.82) is 0 Å². The highest BCUT2D eigenvalue weighted by Gasteiger charge is 2.38. The summed E-state index contributed by atoms with van der Waals surface area (Å²) in [4.78, 5) is 18.8. The van der Waals surface area contributed by atoms with Gasteiger partial charge < -0.3 is 20.1 Å². The molecule has 2 fully saturated rings. The number of piperidine rings is 1. The number of hydrogen-bond donors (Lipinski definition) is 2. The maximum atomic E-state index is 12.1. The van der Waals surface area contributed by atoms with Crippen LogP contribution in [0.5, 0.6) is 0 Å². The molecule has 6 heteroatoms. The van der Waals surface area contributed by atoms with E-state index in [-0.39, 0.29) is 12.4 Å². The highest BCUT2D eigenvalue weighted by Crippen LogP contribution is 2.35. The SMILES string of the molecule is CC(C)(C)OC(=O)CC1(O)CCC(N2CCC(CNc3ccncc3)CC2)CC1. The van der Waals surface area contributed by atoms with Crippen molar-refractivity contribution in [2.24, 2.45) is 5.92 Å². The van der Waals surface area contributed by atoms with Crippen LogP contribution in [0.1, 0.15) is 65.7 Å². The van der Waals surface area contributed by atoms with E-state index in [1.54, 1.807) is 0 Å². The van der Waals surface area contributed by atoms with Gasteiger partial charge in [0.25, 0.3) is 0 Å². The highest BCUT2D eigenvalue weighted by molar-refractivity contribution is 5.71. The van der Waals surface area contributed by atoms with Crippen LogP contribution in [0.15, 0.2) is 24.5 Å². The van der Waals surface area contributed by atoms with Gasteiger partial charge in [-0.2, -0.15) is 0 Å². The van der Waals surface area contributed by atoms with Crippen molar-refractivity contribution in [2.45, 2.75) is 83.0 Å². The molecule has 0 spiro atoms. The molecule has 1 aliphatic carbocycles. The Bertz CT molecular complexity index is 643. The minimum Gasteiger partial charge on any atom is -0.460 e. The van der Waals surface area contributed by atoms with Crippen LogP contribution in [0.3, 0.4) is 0 Å². The third-order valence-electron chi connectivity index (χ3n) is 6.22. The lowest BCUT2D eigenvalue weighted by molar-refractivity contribution is -0.162. The van der Waals surface area contributed by atoms with E-state index in [0.717, 1.165) is 38.2 Å². The zero-order valence-corrected chi connectivity index (χ0v) is 18.2. The Morgan fingerprint density at radius 3 is 2.41 bits per heavy atom. The van der Waals surface area contributed by atoms with Gasteiger partial charge in [-0.1, -0.05) is 0 Å². The molecule has 1 aliphatic heterocycles. The summed E-state index contributed by atoms with van der Waals surface area (Å²) in [6.07, 6.45) is 9.43. The number of likely N-dealkylation sites (tertiary alicyclic amines) is 1. The van der Waals surface area contributed by atoms with E-state index in [1.165, 1.54) is 12.8 Å². The number of esters is 1. The van der Waals surface area contributed by atoms with E-state index >= 15 is 0 Å². The largest absolute Gasteiger partial charge is 0.460 e. The summed E-state index contributed by atoms with van der Waals surface area (Å²) < 4.78 is 5.40. The van der Waals surface area contributed by atoms with Gasteiger partial charge in [0, 0.05) is 30.7 Å². The minimum atomic E-state index is -0.897. The first-order chi connectivity index (χ1) is 13.7. The van der Waals surface area contributed by atoms with Crippen LogP contribution < -0.4 is 5.32 Å². The summed E-state index contributed by atoms with van der Waals surface area (Å²) in [5.74, 6) is 0.410. The molecule has 162 valence electrons. The van der Waals surface area contributed by atoms with E-state index < -0.39 is 11.2 Å². The van der Waals surface area contributed by atoms with E-state index in [1.807, 2.05) is 45.3 Å². The van der Waals surface area contributed by atoms with Crippen LogP contribution in [0.25, 0.3) is 0 Å². The quantitative estimate of drug-likeness (QED) is 0.707. The molecule has 0 bridgehead atoms. The van der Waals surface area contributed by atoms with Crippen molar-refractivity contribution in [3.63, 3.8) is 0 Å². The number of aliphatic hydroxyl groups is 1. The molecule has 1 aromatic rings. The molecule has 0 atom stereocenters. The van der Waals surface area contributed by atoms with E-state index in [9.17, 15) is 9.90 Å². The van der Waals surface area contributed by atoms with Crippen molar-refractivity contribution >= 4 is 11.7 Å². The molecule has 0 radical (unpaired) electrons. The maximum absolute atomic E-state index is 12.1. The van der Waals surface area contributed by atoms with Gasteiger partial charge in [-0.25, -0.2) is 0 Å². The van der Waals surface area contributed by atoms with Crippen molar-refractivity contribution in [1.82, 2.24) is 9.88 Å². The van der Waals surface area contributed by atoms with Crippen LogP contribution in [0.2, 0.25) is 0 Å². The number of rotatable bonds is 6. The standard InChI is InChI=1S/C23H37N3O3/c1-22(2,3)29-21(27)16-23(28)10-4-20(5-11-23)26-14-8-18(9-15-26)17-25-19-6-12-24-13-7-19/h6-7,12-13,18,20,28H,4-5,8-11,14-17H2,1-3H3,(H,24,25). The third kappa shape index (κ3) is 6.96. The summed E-state index contributed by atoms with van der Waals surface area (Å²) in [6.45, 7) is 8.85. The second-order valence-corrected chi connectivity index (χ2v) is 9.81. The topological polar surface area (TPSA) is 74.7 Å². The molecular formula is C23H37N3O3. The average Bonchev–Trinajstić information content (AvgIpc) is 2.66. The Morgan fingerprint density at radius 1 is 1.21 bits per heavy atom. The minimum absolute atomic E-state index is 0.111. The maximum Gasteiger partial charge on any atom is 0.309 e. The number of anilines is 1. The lowest BCUT2D eigenvalue weighted by Crippen LogP contribution is -2.48. The van der Waals surface area contributed by atoms with Gasteiger partial charge in [-0.15, -0.1) is 0 Å². The lowest BCUT2D eigenvalue weighted by atomic mass is 9.79. The number of ether oxygens (including phenoxy) is 1. The van der Waals surface area contributed by atoms with Crippen LogP contribution in [-0.2, 0) is 9.53 Å². The van der Waals surface area contributed by atoms with Gasteiger partial charge in [-0.05, 0) is 90.4 Å². The number of pyridine rings is 1. The summed E-state index contributed by atoms with van der Waals surface area (Å²) in [5, 5.41) is 14.4.